The molecule has 0 saturated carbocycles. The number of carbonyl (C=O) groups is 2. The molecule has 0 radical (unpaired) electrons. The second-order valence-corrected chi connectivity index (χ2v) is 6.52. The van der Waals surface area contributed by atoms with E-state index in [1.807, 2.05) is 31.2 Å². The minimum Gasteiger partial charge on any atom is -0.497 e. The molecular weight excluding hydrogens is 350 g/mol. The highest BCUT2D eigenvalue weighted by Crippen LogP contribution is 2.19. The van der Waals surface area contributed by atoms with Crippen LogP contribution < -0.4 is 10.1 Å². The number of ketones is 1. The monoisotopic (exact) mass is 373 g/mol. The van der Waals surface area contributed by atoms with Crippen molar-refractivity contribution in [1.29, 1.82) is 0 Å². The lowest BCUT2D eigenvalue weighted by atomic mass is 10.0. The van der Waals surface area contributed by atoms with E-state index >= 15 is 0 Å². The first kappa shape index (κ1) is 20.0. The van der Waals surface area contributed by atoms with Crippen molar-refractivity contribution in [2.75, 3.05) is 7.11 Å². The Balaban J connectivity index is 1.80. The van der Waals surface area contributed by atoms with Crippen LogP contribution in [0, 0.1) is 0 Å². The fourth-order valence-corrected chi connectivity index (χ4v) is 2.84. The summed E-state index contributed by atoms with van der Waals surface area (Å²) >= 11 is 5.90. The van der Waals surface area contributed by atoms with E-state index in [4.69, 9.17) is 16.3 Å². The lowest BCUT2D eigenvalue weighted by molar-refractivity contribution is -0.121. The molecule has 0 aliphatic carbocycles. The Morgan fingerprint density at radius 2 is 1.69 bits per heavy atom. The minimum atomic E-state index is -0.0469. The highest BCUT2D eigenvalue weighted by molar-refractivity contribution is 6.30. The second kappa shape index (κ2) is 9.97. The number of hydrogen-bond acceptors (Lipinski definition) is 3. The average Bonchev–Trinajstić information content (AvgIpc) is 2.67. The molecule has 2 aromatic rings. The van der Waals surface area contributed by atoms with Gasteiger partial charge in [-0.2, -0.15) is 0 Å². The number of hydrogen-bond donors (Lipinski definition) is 1. The molecule has 0 fully saturated rings. The summed E-state index contributed by atoms with van der Waals surface area (Å²) in [5.74, 6) is 0.702. The number of halogens is 1. The molecule has 0 aliphatic heterocycles. The predicted octanol–water partition coefficient (Wildman–Crippen LogP) is 4.97. The molecule has 0 bridgehead atoms. The summed E-state index contributed by atoms with van der Waals surface area (Å²) in [6.45, 7) is 2.02. The lowest BCUT2D eigenvalue weighted by Crippen LogP contribution is -2.28. The van der Waals surface area contributed by atoms with E-state index in [2.05, 4.69) is 5.32 Å². The molecule has 0 aliphatic rings. The summed E-state index contributed by atoms with van der Waals surface area (Å²) in [6, 6.07) is 14.4. The van der Waals surface area contributed by atoms with Crippen LogP contribution in [0.1, 0.15) is 54.6 Å². The van der Waals surface area contributed by atoms with Gasteiger partial charge in [0.25, 0.3) is 0 Å². The number of methoxy groups -OCH3 is 1. The fraction of sp³-hybridized carbons (Fsp3) is 0.333. The second-order valence-electron chi connectivity index (χ2n) is 6.09. The van der Waals surface area contributed by atoms with Crippen molar-refractivity contribution in [3.05, 3.63) is 64.7 Å². The van der Waals surface area contributed by atoms with Gasteiger partial charge >= 0.3 is 0 Å². The van der Waals surface area contributed by atoms with Crippen LogP contribution in [-0.4, -0.2) is 18.8 Å². The number of carbonyl (C=O) groups excluding carboxylic acids is 2. The molecule has 0 aromatic heterocycles. The van der Waals surface area contributed by atoms with Crippen molar-refractivity contribution in [2.45, 2.75) is 38.6 Å². The molecule has 5 heteroatoms. The van der Waals surface area contributed by atoms with E-state index < -0.39 is 0 Å². The van der Waals surface area contributed by atoms with Crippen LogP contribution >= 0.6 is 11.6 Å². The number of amides is 1. The average molecular weight is 374 g/mol. The van der Waals surface area contributed by atoms with Gasteiger partial charge in [-0.15, -0.1) is 0 Å². The SMILES string of the molecule is CCC(NC(=O)CCCC(=O)c1ccc(OC)cc1)c1ccc(Cl)cc1. The molecule has 1 atom stereocenters. The molecule has 1 amide bonds. The Kier molecular flexibility index (Phi) is 7.67. The van der Waals surface area contributed by atoms with E-state index in [-0.39, 0.29) is 17.7 Å². The smallest absolute Gasteiger partial charge is 0.220 e. The molecule has 2 aromatic carbocycles. The maximum Gasteiger partial charge on any atom is 0.220 e. The predicted molar refractivity (Wildman–Crippen MR) is 104 cm³/mol. The first-order valence-electron chi connectivity index (χ1n) is 8.75. The van der Waals surface area contributed by atoms with Crippen LogP contribution in [0.2, 0.25) is 5.02 Å². The van der Waals surface area contributed by atoms with E-state index in [0.717, 1.165) is 12.0 Å². The summed E-state index contributed by atoms with van der Waals surface area (Å²) in [4.78, 5) is 24.4. The first-order chi connectivity index (χ1) is 12.5. The Labute approximate surface area is 159 Å². The number of Topliss-reactive ketones (excluding diaryl/α,β-unsaturated/α-hetero) is 1. The topological polar surface area (TPSA) is 55.4 Å². The normalized spacial score (nSPS) is 11.7. The molecule has 0 saturated heterocycles. The van der Waals surface area contributed by atoms with Crippen LogP contribution in [0.3, 0.4) is 0 Å². The van der Waals surface area contributed by atoms with Gasteiger partial charge in [0.05, 0.1) is 13.2 Å². The van der Waals surface area contributed by atoms with Crippen molar-refractivity contribution < 1.29 is 14.3 Å². The Morgan fingerprint density at radius 3 is 2.27 bits per heavy atom. The van der Waals surface area contributed by atoms with Crippen molar-refractivity contribution in [3.8, 4) is 5.75 Å². The molecule has 26 heavy (non-hydrogen) atoms. The highest BCUT2D eigenvalue weighted by atomic mass is 35.5. The van der Waals surface area contributed by atoms with Crippen LogP contribution in [0.15, 0.2) is 48.5 Å². The van der Waals surface area contributed by atoms with Gasteiger partial charge < -0.3 is 10.1 Å². The largest absolute Gasteiger partial charge is 0.497 e. The zero-order valence-corrected chi connectivity index (χ0v) is 15.9. The Bertz CT molecular complexity index is 726. The van der Waals surface area contributed by atoms with Crippen molar-refractivity contribution >= 4 is 23.3 Å². The standard InChI is InChI=1S/C21H24ClNO3/c1-3-19(15-7-11-17(22)12-8-15)23-21(25)6-4-5-20(24)16-9-13-18(26-2)14-10-16/h7-14,19H,3-6H2,1-2H3,(H,23,25). The Hall–Kier alpha value is -2.33. The van der Waals surface area contributed by atoms with E-state index in [9.17, 15) is 9.59 Å². The van der Waals surface area contributed by atoms with E-state index in [1.165, 1.54) is 0 Å². The van der Waals surface area contributed by atoms with Gasteiger partial charge in [0.1, 0.15) is 5.75 Å². The quantitative estimate of drug-likeness (QED) is 0.631. The molecule has 138 valence electrons. The molecule has 2 rings (SSSR count). The van der Waals surface area contributed by atoms with Gasteiger partial charge in [-0.25, -0.2) is 0 Å². The molecular formula is C21H24ClNO3. The van der Waals surface area contributed by atoms with E-state index in [1.54, 1.807) is 31.4 Å². The first-order valence-corrected chi connectivity index (χ1v) is 9.13. The van der Waals surface area contributed by atoms with Crippen LogP contribution in [-0.2, 0) is 4.79 Å². The summed E-state index contributed by atoms with van der Waals surface area (Å²) in [6.07, 6.45) is 1.98. The summed E-state index contributed by atoms with van der Waals surface area (Å²) in [5.41, 5.74) is 1.67. The number of ether oxygens (including phenoxy) is 1. The third kappa shape index (κ3) is 5.88. The van der Waals surface area contributed by atoms with Gasteiger partial charge in [-0.3, -0.25) is 9.59 Å². The fourth-order valence-electron chi connectivity index (χ4n) is 2.71. The zero-order valence-electron chi connectivity index (χ0n) is 15.1. The molecule has 1 N–H and O–H groups in total. The van der Waals surface area contributed by atoms with Crippen molar-refractivity contribution in [2.24, 2.45) is 0 Å². The third-order valence-corrected chi connectivity index (χ3v) is 4.49. The number of benzene rings is 2. The maximum absolute atomic E-state index is 12.2. The van der Waals surface area contributed by atoms with Gasteiger partial charge in [0, 0.05) is 23.4 Å². The molecule has 1 unspecified atom stereocenters. The molecule has 0 heterocycles. The zero-order chi connectivity index (χ0) is 18.9. The molecule has 0 spiro atoms. The third-order valence-electron chi connectivity index (χ3n) is 4.24. The minimum absolute atomic E-state index is 0.0326. The number of rotatable bonds is 9. The molecule has 4 nitrogen and oxygen atoms in total. The number of nitrogens with one attached hydrogen (secondary N) is 1. The van der Waals surface area contributed by atoms with Gasteiger partial charge in [0.2, 0.25) is 5.91 Å². The van der Waals surface area contributed by atoms with Gasteiger partial charge in [-0.1, -0.05) is 30.7 Å². The highest BCUT2D eigenvalue weighted by Gasteiger charge is 2.13. The van der Waals surface area contributed by atoms with Crippen molar-refractivity contribution in [1.82, 2.24) is 5.32 Å². The Morgan fingerprint density at radius 1 is 1.04 bits per heavy atom. The maximum atomic E-state index is 12.2. The van der Waals surface area contributed by atoms with Crippen LogP contribution in [0.5, 0.6) is 5.75 Å². The van der Waals surface area contributed by atoms with E-state index in [0.29, 0.717) is 35.6 Å². The summed E-state index contributed by atoms with van der Waals surface area (Å²) < 4.78 is 5.08. The summed E-state index contributed by atoms with van der Waals surface area (Å²) in [7, 11) is 1.59. The van der Waals surface area contributed by atoms with Crippen LogP contribution in [0.4, 0.5) is 0 Å². The lowest BCUT2D eigenvalue weighted by Gasteiger charge is -2.17. The van der Waals surface area contributed by atoms with Gasteiger partial charge in [0.15, 0.2) is 5.78 Å². The van der Waals surface area contributed by atoms with Crippen LogP contribution in [0.25, 0.3) is 0 Å². The van der Waals surface area contributed by atoms with Crippen molar-refractivity contribution in [3.63, 3.8) is 0 Å². The summed E-state index contributed by atoms with van der Waals surface area (Å²) in [5, 5.41) is 3.69. The van der Waals surface area contributed by atoms with Gasteiger partial charge in [-0.05, 0) is 54.8 Å².